The van der Waals surface area contributed by atoms with Crippen LogP contribution < -0.4 is 4.74 Å². The lowest BCUT2D eigenvalue weighted by Crippen LogP contribution is -1.93. The number of benzene rings is 1. The van der Waals surface area contributed by atoms with Gasteiger partial charge in [-0.3, -0.25) is 0 Å². The maximum Gasteiger partial charge on any atom is 0.119 e. The predicted molar refractivity (Wildman–Crippen MR) is 74.0 cm³/mol. The summed E-state index contributed by atoms with van der Waals surface area (Å²) in [4.78, 5) is 2.77. The van der Waals surface area contributed by atoms with E-state index in [4.69, 9.17) is 4.74 Å². The highest BCUT2D eigenvalue weighted by Gasteiger charge is 1.99. The molecular weight excluding hydrogens is 228 g/mol. The van der Waals surface area contributed by atoms with Gasteiger partial charge in [0.2, 0.25) is 0 Å². The first kappa shape index (κ1) is 11.9. The molecule has 0 unspecified atom stereocenters. The lowest BCUT2D eigenvalue weighted by Gasteiger charge is -2.04. The minimum atomic E-state index is 0.559. The first-order valence-electron chi connectivity index (χ1n) is 5.66. The van der Waals surface area contributed by atoms with Crippen LogP contribution in [0.4, 0.5) is 0 Å². The lowest BCUT2D eigenvalue weighted by molar-refractivity contribution is 0.363. The Morgan fingerprint density at radius 1 is 1.18 bits per heavy atom. The molecule has 0 fully saturated rings. The first-order chi connectivity index (χ1) is 8.28. The Hall–Kier alpha value is -1.54. The van der Waals surface area contributed by atoms with Crippen molar-refractivity contribution in [1.29, 1.82) is 0 Å². The van der Waals surface area contributed by atoms with E-state index in [9.17, 15) is 0 Å². The normalized spacial score (nSPS) is 10.2. The topological polar surface area (TPSA) is 9.23 Å². The SMILES string of the molecule is C=CCOc1ccc(Cc2ccc(C)s2)cc1. The molecule has 2 aromatic rings. The minimum Gasteiger partial charge on any atom is -0.490 e. The summed E-state index contributed by atoms with van der Waals surface area (Å²) < 4.78 is 5.45. The summed E-state index contributed by atoms with van der Waals surface area (Å²) in [6.07, 6.45) is 2.75. The fourth-order valence-electron chi connectivity index (χ4n) is 1.64. The number of thiophene rings is 1. The Bertz CT molecular complexity index is 482. The standard InChI is InChI=1S/C15H16OS/c1-3-10-16-14-7-5-13(6-8-14)11-15-9-4-12(2)17-15/h3-9H,1,10-11H2,2H3. The van der Waals surface area contributed by atoms with Crippen molar-refractivity contribution >= 4 is 11.3 Å². The number of rotatable bonds is 5. The summed E-state index contributed by atoms with van der Waals surface area (Å²) in [6.45, 7) is 6.33. The van der Waals surface area contributed by atoms with Gasteiger partial charge in [-0.1, -0.05) is 24.8 Å². The van der Waals surface area contributed by atoms with E-state index in [1.165, 1.54) is 15.3 Å². The Balaban J connectivity index is 2.00. The zero-order valence-corrected chi connectivity index (χ0v) is 10.8. The average molecular weight is 244 g/mol. The summed E-state index contributed by atoms with van der Waals surface area (Å²) in [6, 6.07) is 12.6. The zero-order chi connectivity index (χ0) is 12.1. The lowest BCUT2D eigenvalue weighted by atomic mass is 10.1. The molecular formula is C15H16OS. The van der Waals surface area contributed by atoms with E-state index in [0.29, 0.717) is 6.61 Å². The van der Waals surface area contributed by atoms with E-state index in [1.54, 1.807) is 6.08 Å². The summed E-state index contributed by atoms with van der Waals surface area (Å²) in [5.74, 6) is 0.899. The van der Waals surface area contributed by atoms with Crippen LogP contribution in [0.25, 0.3) is 0 Å². The second kappa shape index (κ2) is 5.69. The van der Waals surface area contributed by atoms with Gasteiger partial charge in [0.05, 0.1) is 0 Å². The smallest absolute Gasteiger partial charge is 0.119 e. The maximum atomic E-state index is 5.45. The van der Waals surface area contributed by atoms with Crippen LogP contribution >= 0.6 is 11.3 Å². The number of hydrogen-bond donors (Lipinski definition) is 0. The van der Waals surface area contributed by atoms with Crippen molar-refractivity contribution in [3.05, 3.63) is 64.4 Å². The van der Waals surface area contributed by atoms with E-state index in [-0.39, 0.29) is 0 Å². The third-order valence-corrected chi connectivity index (χ3v) is 3.47. The van der Waals surface area contributed by atoms with Crippen molar-refractivity contribution in [2.75, 3.05) is 6.61 Å². The van der Waals surface area contributed by atoms with Crippen molar-refractivity contribution < 1.29 is 4.74 Å². The molecule has 0 aliphatic heterocycles. The average Bonchev–Trinajstić information content (AvgIpc) is 2.74. The van der Waals surface area contributed by atoms with Gasteiger partial charge in [0.25, 0.3) is 0 Å². The molecule has 17 heavy (non-hydrogen) atoms. The van der Waals surface area contributed by atoms with Crippen LogP contribution in [0, 0.1) is 6.92 Å². The fourth-order valence-corrected chi connectivity index (χ4v) is 2.56. The quantitative estimate of drug-likeness (QED) is 0.716. The molecule has 1 heterocycles. The Morgan fingerprint density at radius 2 is 1.94 bits per heavy atom. The molecule has 1 aromatic carbocycles. The van der Waals surface area contributed by atoms with Gasteiger partial charge >= 0.3 is 0 Å². The van der Waals surface area contributed by atoms with Gasteiger partial charge in [0.15, 0.2) is 0 Å². The van der Waals surface area contributed by atoms with Gasteiger partial charge in [0, 0.05) is 16.2 Å². The molecule has 0 spiro atoms. The molecule has 0 atom stereocenters. The highest BCUT2D eigenvalue weighted by atomic mass is 32.1. The van der Waals surface area contributed by atoms with Crippen LogP contribution in [-0.2, 0) is 6.42 Å². The van der Waals surface area contributed by atoms with Gasteiger partial charge in [0.1, 0.15) is 12.4 Å². The van der Waals surface area contributed by atoms with Crippen molar-refractivity contribution in [3.63, 3.8) is 0 Å². The molecule has 0 radical (unpaired) electrons. The van der Waals surface area contributed by atoms with Crippen molar-refractivity contribution in [2.45, 2.75) is 13.3 Å². The third kappa shape index (κ3) is 3.46. The maximum absolute atomic E-state index is 5.45. The van der Waals surface area contributed by atoms with Gasteiger partial charge in [-0.05, 0) is 36.8 Å². The van der Waals surface area contributed by atoms with Crippen LogP contribution in [0.2, 0.25) is 0 Å². The minimum absolute atomic E-state index is 0.559. The summed E-state index contributed by atoms with van der Waals surface area (Å²) in [5, 5.41) is 0. The number of aryl methyl sites for hydroxylation is 1. The van der Waals surface area contributed by atoms with Crippen molar-refractivity contribution in [3.8, 4) is 5.75 Å². The fraction of sp³-hybridized carbons (Fsp3) is 0.200. The van der Waals surface area contributed by atoms with E-state index in [0.717, 1.165) is 12.2 Å². The second-order valence-electron chi connectivity index (χ2n) is 3.93. The molecule has 1 aromatic heterocycles. The molecule has 0 aliphatic rings. The summed E-state index contributed by atoms with van der Waals surface area (Å²) in [7, 11) is 0. The number of ether oxygens (including phenoxy) is 1. The van der Waals surface area contributed by atoms with Crippen LogP contribution in [0.3, 0.4) is 0 Å². The molecule has 2 rings (SSSR count). The van der Waals surface area contributed by atoms with E-state index >= 15 is 0 Å². The molecule has 0 saturated heterocycles. The molecule has 2 heteroatoms. The molecule has 0 N–H and O–H groups in total. The first-order valence-corrected chi connectivity index (χ1v) is 6.47. The highest BCUT2D eigenvalue weighted by Crippen LogP contribution is 2.20. The Labute approximate surface area is 106 Å². The molecule has 1 nitrogen and oxygen atoms in total. The van der Waals surface area contributed by atoms with Crippen molar-refractivity contribution in [2.24, 2.45) is 0 Å². The van der Waals surface area contributed by atoms with Gasteiger partial charge in [-0.25, -0.2) is 0 Å². The van der Waals surface area contributed by atoms with E-state index in [1.807, 2.05) is 23.5 Å². The second-order valence-corrected chi connectivity index (χ2v) is 5.31. The summed E-state index contributed by atoms with van der Waals surface area (Å²) in [5.41, 5.74) is 1.32. The predicted octanol–water partition coefficient (Wildman–Crippen LogP) is 4.21. The number of hydrogen-bond acceptors (Lipinski definition) is 2. The largest absolute Gasteiger partial charge is 0.490 e. The van der Waals surface area contributed by atoms with Gasteiger partial charge in [-0.2, -0.15) is 0 Å². The van der Waals surface area contributed by atoms with E-state index in [2.05, 4.69) is 37.8 Å². The molecule has 0 bridgehead atoms. The van der Waals surface area contributed by atoms with Crippen molar-refractivity contribution in [1.82, 2.24) is 0 Å². The summed E-state index contributed by atoms with van der Waals surface area (Å²) >= 11 is 1.86. The van der Waals surface area contributed by atoms with Crippen LogP contribution in [0.15, 0.2) is 49.1 Å². The Morgan fingerprint density at radius 3 is 2.53 bits per heavy atom. The molecule has 0 amide bonds. The molecule has 0 aliphatic carbocycles. The Kier molecular flexibility index (Phi) is 3.99. The molecule has 0 saturated carbocycles. The zero-order valence-electron chi connectivity index (χ0n) is 9.98. The highest BCUT2D eigenvalue weighted by molar-refractivity contribution is 7.11. The third-order valence-electron chi connectivity index (χ3n) is 2.47. The van der Waals surface area contributed by atoms with Crippen LogP contribution in [-0.4, -0.2) is 6.61 Å². The van der Waals surface area contributed by atoms with Gasteiger partial charge in [-0.15, -0.1) is 11.3 Å². The van der Waals surface area contributed by atoms with Gasteiger partial charge < -0.3 is 4.74 Å². The monoisotopic (exact) mass is 244 g/mol. The van der Waals surface area contributed by atoms with Crippen LogP contribution in [0.5, 0.6) is 5.75 Å². The van der Waals surface area contributed by atoms with Crippen LogP contribution in [0.1, 0.15) is 15.3 Å². The van der Waals surface area contributed by atoms with E-state index < -0.39 is 0 Å². The molecule has 88 valence electrons.